The number of hydrogen-bond acceptors (Lipinski definition) is 3. The van der Waals surface area contributed by atoms with Crippen molar-refractivity contribution in [2.24, 2.45) is 0 Å². The van der Waals surface area contributed by atoms with E-state index in [0.717, 1.165) is 6.26 Å². The van der Waals surface area contributed by atoms with Gasteiger partial charge in [-0.3, -0.25) is 0 Å². The maximum Gasteiger partial charge on any atom is 1.00 e. The third-order valence-corrected chi connectivity index (χ3v) is 0. The standard InChI is InChI=1S/C2H4O.Na.2H3O4P.H/c1-2-3;;2*1-5(2,3)4;/h2-3H,1H2;;2*(H3,1,2,3,4);/q;+1;;;-1. The van der Waals surface area contributed by atoms with Crippen LogP contribution in [-0.2, 0) is 9.13 Å². The van der Waals surface area contributed by atoms with Gasteiger partial charge in [-0.05, 0) is 0 Å². The van der Waals surface area contributed by atoms with Gasteiger partial charge in [-0.15, -0.1) is 0 Å². The molecule has 0 atom stereocenters. The topological polar surface area (TPSA) is 176 Å². The van der Waals surface area contributed by atoms with Gasteiger partial charge in [0.15, 0.2) is 0 Å². The first kappa shape index (κ1) is 24.1. The number of phosphoric acid groups is 2. The SMILES string of the molecule is C=CO.O=P(O)(O)O.O=P(O)(O)O.[H-].[Na+]. The Morgan fingerprint density at radius 1 is 0.929 bits per heavy atom. The molecular formula is C2H11NaO9P2. The summed E-state index contributed by atoms with van der Waals surface area (Å²) < 4.78 is 17.8. The second-order valence-corrected chi connectivity index (χ2v) is 3.26. The number of rotatable bonds is 0. The Bertz CT molecular complexity index is 172. The Balaban J connectivity index is -0.0000000322. The van der Waals surface area contributed by atoms with Crippen LogP contribution < -0.4 is 29.6 Å². The molecule has 0 radical (unpaired) electrons. The van der Waals surface area contributed by atoms with Gasteiger partial charge in [-0.2, -0.15) is 0 Å². The van der Waals surface area contributed by atoms with Gasteiger partial charge in [0.05, 0.1) is 6.26 Å². The Morgan fingerprint density at radius 2 is 0.929 bits per heavy atom. The fraction of sp³-hybridized carbons (Fsp3) is 0. The monoisotopic (exact) mass is 264 g/mol. The van der Waals surface area contributed by atoms with Gasteiger partial charge in [0.2, 0.25) is 0 Å². The summed E-state index contributed by atoms with van der Waals surface area (Å²) in [5.41, 5.74) is 0. The van der Waals surface area contributed by atoms with Gasteiger partial charge in [-0.1, -0.05) is 6.58 Å². The molecule has 84 valence electrons. The van der Waals surface area contributed by atoms with Crippen LogP contribution in [0.1, 0.15) is 1.43 Å². The molecule has 0 aromatic carbocycles. The molecule has 0 saturated carbocycles. The van der Waals surface area contributed by atoms with Crippen molar-refractivity contribution in [2.75, 3.05) is 0 Å². The molecule has 0 aromatic heterocycles. The van der Waals surface area contributed by atoms with E-state index in [1.54, 1.807) is 0 Å². The molecule has 0 bridgehead atoms. The van der Waals surface area contributed by atoms with E-state index in [9.17, 15) is 0 Å². The largest absolute Gasteiger partial charge is 1.00 e. The summed E-state index contributed by atoms with van der Waals surface area (Å²) >= 11 is 0. The Kier molecular flexibility index (Phi) is 20.4. The van der Waals surface area contributed by atoms with Crippen molar-refractivity contribution in [3.8, 4) is 0 Å². The first-order valence-electron chi connectivity index (χ1n) is 2.23. The van der Waals surface area contributed by atoms with Crippen molar-refractivity contribution in [3.63, 3.8) is 0 Å². The quantitative estimate of drug-likeness (QED) is 0.130. The van der Waals surface area contributed by atoms with Crippen LogP contribution in [0.5, 0.6) is 0 Å². The molecule has 14 heavy (non-hydrogen) atoms. The van der Waals surface area contributed by atoms with Gasteiger partial charge in [-0.25, -0.2) is 9.13 Å². The molecule has 0 aliphatic rings. The summed E-state index contributed by atoms with van der Waals surface area (Å²) in [4.78, 5) is 43.1. The molecule has 12 heteroatoms. The van der Waals surface area contributed by atoms with E-state index >= 15 is 0 Å². The van der Waals surface area contributed by atoms with Crippen molar-refractivity contribution < 1.29 is 74.6 Å². The van der Waals surface area contributed by atoms with Crippen LogP contribution in [-0.4, -0.2) is 34.5 Å². The minimum atomic E-state index is -4.64. The van der Waals surface area contributed by atoms with E-state index in [4.69, 9.17) is 43.6 Å². The molecule has 0 aliphatic carbocycles. The van der Waals surface area contributed by atoms with E-state index < -0.39 is 15.6 Å². The number of aliphatic hydroxyl groups excluding tert-OH is 1. The van der Waals surface area contributed by atoms with E-state index in [-0.39, 0.29) is 31.0 Å². The molecule has 0 amide bonds. The van der Waals surface area contributed by atoms with Crippen molar-refractivity contribution in [1.82, 2.24) is 0 Å². The third kappa shape index (κ3) is 3060. The summed E-state index contributed by atoms with van der Waals surface area (Å²) in [7, 11) is -9.28. The van der Waals surface area contributed by atoms with Crippen LogP contribution in [0.2, 0.25) is 0 Å². The average Bonchev–Trinajstić information content (AvgIpc) is 1.52. The Hall–Kier alpha value is 0.760. The zero-order valence-electron chi connectivity index (χ0n) is 8.13. The van der Waals surface area contributed by atoms with Gasteiger partial charge in [0, 0.05) is 0 Å². The first-order chi connectivity index (χ1) is 5.41. The van der Waals surface area contributed by atoms with Crippen LogP contribution in [0.15, 0.2) is 12.8 Å². The fourth-order valence-electron chi connectivity index (χ4n) is 0. The third-order valence-electron chi connectivity index (χ3n) is 0. The number of hydrogen-bond donors (Lipinski definition) is 7. The van der Waals surface area contributed by atoms with Crippen molar-refractivity contribution in [1.29, 1.82) is 0 Å². The summed E-state index contributed by atoms with van der Waals surface area (Å²) in [5.74, 6) is 0. The van der Waals surface area contributed by atoms with Gasteiger partial charge < -0.3 is 35.9 Å². The number of aliphatic hydroxyl groups is 1. The molecule has 0 fully saturated rings. The second kappa shape index (κ2) is 11.8. The zero-order chi connectivity index (χ0) is 11.7. The van der Waals surface area contributed by atoms with Gasteiger partial charge in [0.25, 0.3) is 0 Å². The molecule has 0 aromatic rings. The van der Waals surface area contributed by atoms with Crippen molar-refractivity contribution in [2.45, 2.75) is 0 Å². The van der Waals surface area contributed by atoms with E-state index in [2.05, 4.69) is 6.58 Å². The molecule has 7 N–H and O–H groups in total. The molecule has 0 spiro atoms. The normalized spacial score (nSPS) is 9.29. The van der Waals surface area contributed by atoms with Crippen LogP contribution in [0.4, 0.5) is 0 Å². The Labute approximate surface area is 103 Å². The van der Waals surface area contributed by atoms with Crippen LogP contribution in [0.3, 0.4) is 0 Å². The van der Waals surface area contributed by atoms with Gasteiger partial charge >= 0.3 is 45.2 Å². The van der Waals surface area contributed by atoms with Crippen LogP contribution in [0, 0.1) is 0 Å². The Morgan fingerprint density at radius 3 is 0.929 bits per heavy atom. The molecule has 0 saturated heterocycles. The summed E-state index contributed by atoms with van der Waals surface area (Å²) in [5, 5.41) is 7.33. The smallest absolute Gasteiger partial charge is 1.00 e. The molecule has 0 rings (SSSR count). The van der Waals surface area contributed by atoms with Gasteiger partial charge in [0.1, 0.15) is 0 Å². The molecular weight excluding hydrogens is 253 g/mol. The van der Waals surface area contributed by atoms with Crippen molar-refractivity contribution in [3.05, 3.63) is 12.8 Å². The summed E-state index contributed by atoms with van der Waals surface area (Å²) in [6.07, 6.45) is 0.750. The van der Waals surface area contributed by atoms with E-state index in [0.29, 0.717) is 0 Å². The maximum atomic E-state index is 8.88. The molecule has 0 heterocycles. The molecule has 0 aliphatic heterocycles. The van der Waals surface area contributed by atoms with Crippen LogP contribution >= 0.6 is 15.6 Å². The molecule has 0 unspecified atom stereocenters. The minimum absolute atomic E-state index is 0. The van der Waals surface area contributed by atoms with E-state index in [1.807, 2.05) is 0 Å². The minimum Gasteiger partial charge on any atom is -1.00 e. The predicted octanol–water partition coefficient (Wildman–Crippen LogP) is -4.05. The first-order valence-corrected chi connectivity index (χ1v) is 5.36. The second-order valence-electron chi connectivity index (χ2n) is 1.21. The van der Waals surface area contributed by atoms with Crippen LogP contribution in [0.25, 0.3) is 0 Å². The summed E-state index contributed by atoms with van der Waals surface area (Å²) in [6, 6.07) is 0. The zero-order valence-corrected chi connectivity index (χ0v) is 10.9. The maximum absolute atomic E-state index is 8.88. The predicted molar refractivity (Wildman–Crippen MR) is 42.5 cm³/mol. The van der Waals surface area contributed by atoms with E-state index in [1.165, 1.54) is 0 Å². The summed E-state index contributed by atoms with van der Waals surface area (Å²) in [6.45, 7) is 2.92. The fourth-order valence-corrected chi connectivity index (χ4v) is 0. The van der Waals surface area contributed by atoms with Crippen molar-refractivity contribution >= 4 is 15.6 Å². The molecule has 9 nitrogen and oxygen atoms in total. The average molecular weight is 264 g/mol.